The number of para-hydroxylation sites is 2. The molecule has 0 atom stereocenters. The third kappa shape index (κ3) is 8.57. The van der Waals surface area contributed by atoms with E-state index in [1.807, 2.05) is 0 Å². The van der Waals surface area contributed by atoms with Gasteiger partial charge in [0.05, 0.1) is 17.6 Å². The number of carbonyl (C=O) groups excluding carboxylic acids is 1. The smallest absolute Gasteiger partial charge is 0.434 e. The van der Waals surface area contributed by atoms with Crippen LogP contribution in [0.1, 0.15) is 95.2 Å². The van der Waals surface area contributed by atoms with Crippen molar-refractivity contribution in [1.82, 2.24) is 4.57 Å². The van der Waals surface area contributed by atoms with Gasteiger partial charge in [-0.05, 0) is 175 Å². The van der Waals surface area contributed by atoms with Crippen molar-refractivity contribution in [3.8, 4) is 39.1 Å². The molecule has 350 valence electrons. The monoisotopic (exact) mass is 918 g/mol. The van der Waals surface area contributed by atoms with E-state index in [-0.39, 0.29) is 11.0 Å². The van der Waals surface area contributed by atoms with E-state index in [4.69, 9.17) is 9.47 Å². The van der Waals surface area contributed by atoms with Gasteiger partial charge in [0.25, 0.3) is 0 Å². The van der Waals surface area contributed by atoms with E-state index >= 15 is 0 Å². The molecule has 1 heterocycles. The standard InChI is InChI=1S/C65H62N2O3/c1-4-5-39-65(40-17-18-41-65)70-63(68)69-42-19-16-22-48-43-52(34-36-54(48)49-31-38-62-58(44-49)57-26-13-15-28-61(57)67(62)50-23-10-7-11-24-50)66(51-32-29-47(30-33-51)46-20-8-6-9-21-46)53-35-37-56-55-25-12-14-27-59(55)64(2,3)60(56)45-53/h6-15,20-21,23-38,43-45H,4-5,16-19,22,39-42H2,1-3H3. The zero-order valence-corrected chi connectivity index (χ0v) is 40.8. The SMILES string of the molecule is CCCCC1(OC(=O)OCCCCc2cc(N(c3ccc(-c4ccccc4)cc3)c3ccc4c(c3)C(C)(C)c3ccccc3-4)ccc2-c2ccc3c(c2)c2ccccc2n3-c2ccccc2)CCCC1. The van der Waals surface area contributed by atoms with Crippen molar-refractivity contribution in [2.75, 3.05) is 11.5 Å². The molecule has 0 bridgehead atoms. The molecule has 0 radical (unpaired) electrons. The maximum Gasteiger partial charge on any atom is 0.508 e. The second-order valence-electron chi connectivity index (χ2n) is 20.1. The summed E-state index contributed by atoms with van der Waals surface area (Å²) in [4.78, 5) is 15.6. The molecule has 5 heteroatoms. The Morgan fingerprint density at radius 1 is 0.557 bits per heavy atom. The molecule has 8 aromatic carbocycles. The molecule has 2 aliphatic rings. The van der Waals surface area contributed by atoms with Crippen LogP contribution >= 0.6 is 0 Å². The molecule has 0 amide bonds. The Hall–Kier alpha value is -7.37. The summed E-state index contributed by atoms with van der Waals surface area (Å²) in [5.41, 5.74) is 17.6. The van der Waals surface area contributed by atoms with Gasteiger partial charge in [0.2, 0.25) is 0 Å². The van der Waals surface area contributed by atoms with Crippen LogP contribution in [0.3, 0.4) is 0 Å². The summed E-state index contributed by atoms with van der Waals surface area (Å²) in [6, 6.07) is 68.8. The average Bonchev–Trinajstić information content (AvgIpc) is 4.07. The van der Waals surface area contributed by atoms with Gasteiger partial charge in [0, 0.05) is 38.9 Å². The number of hydrogen-bond donors (Lipinski definition) is 0. The maximum atomic E-state index is 13.1. The number of ether oxygens (including phenoxy) is 2. The molecule has 0 unspecified atom stereocenters. The van der Waals surface area contributed by atoms with E-state index in [0.717, 1.165) is 87.0 Å². The van der Waals surface area contributed by atoms with Gasteiger partial charge in [-0.1, -0.05) is 149 Å². The van der Waals surface area contributed by atoms with Crippen LogP contribution in [0.5, 0.6) is 0 Å². The van der Waals surface area contributed by atoms with Crippen LogP contribution in [0.25, 0.3) is 60.9 Å². The Morgan fingerprint density at radius 3 is 1.97 bits per heavy atom. The first-order chi connectivity index (χ1) is 34.3. The van der Waals surface area contributed by atoms with Gasteiger partial charge < -0.3 is 18.9 Å². The van der Waals surface area contributed by atoms with Crippen molar-refractivity contribution in [2.45, 2.75) is 96.0 Å². The summed E-state index contributed by atoms with van der Waals surface area (Å²) in [6.45, 7) is 7.22. The van der Waals surface area contributed by atoms with Crippen molar-refractivity contribution in [1.29, 1.82) is 0 Å². The zero-order chi connectivity index (χ0) is 47.7. The van der Waals surface area contributed by atoms with Gasteiger partial charge >= 0.3 is 6.16 Å². The van der Waals surface area contributed by atoms with Gasteiger partial charge in [-0.3, -0.25) is 0 Å². The Morgan fingerprint density at radius 2 is 1.19 bits per heavy atom. The lowest BCUT2D eigenvalue weighted by Gasteiger charge is -2.29. The van der Waals surface area contributed by atoms with Crippen molar-refractivity contribution >= 4 is 45.0 Å². The van der Waals surface area contributed by atoms with Crippen LogP contribution in [0.2, 0.25) is 0 Å². The highest BCUT2D eigenvalue weighted by atomic mass is 16.7. The minimum atomic E-state index is -0.516. The van der Waals surface area contributed by atoms with E-state index in [9.17, 15) is 4.79 Å². The number of carbonyl (C=O) groups is 1. The predicted octanol–water partition coefficient (Wildman–Crippen LogP) is 17.9. The third-order valence-corrected chi connectivity index (χ3v) is 15.3. The summed E-state index contributed by atoms with van der Waals surface area (Å²) >= 11 is 0. The van der Waals surface area contributed by atoms with Crippen LogP contribution in [-0.4, -0.2) is 22.9 Å². The van der Waals surface area contributed by atoms with Crippen molar-refractivity contribution in [3.63, 3.8) is 0 Å². The lowest BCUT2D eigenvalue weighted by Crippen LogP contribution is -2.32. The second-order valence-corrected chi connectivity index (χ2v) is 20.1. The van der Waals surface area contributed by atoms with E-state index < -0.39 is 6.16 Å². The van der Waals surface area contributed by atoms with Crippen LogP contribution in [0.15, 0.2) is 188 Å². The van der Waals surface area contributed by atoms with Gasteiger partial charge in [0.1, 0.15) is 5.60 Å². The average molecular weight is 919 g/mol. The topological polar surface area (TPSA) is 43.7 Å². The molecule has 9 aromatic rings. The van der Waals surface area contributed by atoms with Crippen molar-refractivity contribution < 1.29 is 14.3 Å². The van der Waals surface area contributed by atoms with Gasteiger partial charge in [0.15, 0.2) is 0 Å². The molecular formula is C65H62N2O3. The molecule has 0 N–H and O–H groups in total. The highest BCUT2D eigenvalue weighted by Gasteiger charge is 2.38. The Balaban J connectivity index is 0.978. The fourth-order valence-corrected chi connectivity index (χ4v) is 11.6. The normalized spacial score (nSPS) is 14.4. The summed E-state index contributed by atoms with van der Waals surface area (Å²) in [6.07, 6.45) is 9.02. The number of nitrogens with zero attached hydrogens (tertiary/aromatic N) is 2. The summed E-state index contributed by atoms with van der Waals surface area (Å²) in [5, 5.41) is 2.45. The van der Waals surface area contributed by atoms with E-state index in [1.165, 1.54) is 71.9 Å². The molecule has 70 heavy (non-hydrogen) atoms. The number of fused-ring (bicyclic) bond motifs is 6. The van der Waals surface area contributed by atoms with E-state index in [1.54, 1.807) is 0 Å². The highest BCUT2D eigenvalue weighted by molar-refractivity contribution is 6.10. The van der Waals surface area contributed by atoms with E-state index in [2.05, 4.69) is 218 Å². The number of hydrogen-bond acceptors (Lipinski definition) is 4. The maximum absolute atomic E-state index is 13.1. The molecule has 1 fully saturated rings. The minimum absolute atomic E-state index is 0.149. The van der Waals surface area contributed by atoms with Crippen LogP contribution in [-0.2, 0) is 21.3 Å². The number of anilines is 3. The molecule has 5 nitrogen and oxygen atoms in total. The number of unbranched alkanes of at least 4 members (excludes halogenated alkanes) is 2. The number of rotatable bonds is 15. The fourth-order valence-electron chi connectivity index (χ4n) is 11.6. The molecule has 11 rings (SSSR count). The number of benzene rings is 8. The second kappa shape index (κ2) is 19.2. The largest absolute Gasteiger partial charge is 0.508 e. The molecule has 0 saturated heterocycles. The first-order valence-electron chi connectivity index (χ1n) is 25.6. The highest BCUT2D eigenvalue weighted by Crippen LogP contribution is 2.51. The fraction of sp³-hybridized carbons (Fsp3) is 0.246. The summed E-state index contributed by atoms with van der Waals surface area (Å²) < 4.78 is 14.3. The number of aryl methyl sites for hydroxylation is 1. The van der Waals surface area contributed by atoms with Gasteiger partial charge in [-0.25, -0.2) is 4.79 Å². The van der Waals surface area contributed by atoms with Crippen LogP contribution in [0.4, 0.5) is 21.9 Å². The summed E-state index contributed by atoms with van der Waals surface area (Å²) in [5.74, 6) is 0. The van der Waals surface area contributed by atoms with Gasteiger partial charge in [-0.15, -0.1) is 0 Å². The Labute approximate surface area is 413 Å². The zero-order valence-electron chi connectivity index (χ0n) is 40.8. The molecule has 0 aliphatic heterocycles. The lowest BCUT2D eigenvalue weighted by atomic mass is 9.82. The first-order valence-corrected chi connectivity index (χ1v) is 25.6. The molecular weight excluding hydrogens is 857 g/mol. The quantitative estimate of drug-likeness (QED) is 0.0759. The van der Waals surface area contributed by atoms with E-state index in [0.29, 0.717) is 6.61 Å². The third-order valence-electron chi connectivity index (χ3n) is 15.3. The predicted molar refractivity (Wildman–Crippen MR) is 290 cm³/mol. The molecule has 0 spiro atoms. The first kappa shape index (κ1) is 45.1. The summed E-state index contributed by atoms with van der Waals surface area (Å²) in [7, 11) is 0. The minimum Gasteiger partial charge on any atom is -0.434 e. The molecule has 1 saturated carbocycles. The lowest BCUT2D eigenvalue weighted by molar-refractivity contribution is -0.0380. The Bertz CT molecular complexity index is 3310. The van der Waals surface area contributed by atoms with Crippen LogP contribution < -0.4 is 4.90 Å². The molecule has 2 aliphatic carbocycles. The van der Waals surface area contributed by atoms with Gasteiger partial charge in [-0.2, -0.15) is 0 Å². The van der Waals surface area contributed by atoms with Crippen LogP contribution in [0, 0.1) is 0 Å². The van der Waals surface area contributed by atoms with Crippen molar-refractivity contribution in [2.24, 2.45) is 0 Å². The Kier molecular flexibility index (Phi) is 12.4. The molecule has 1 aromatic heterocycles. The van der Waals surface area contributed by atoms with Crippen molar-refractivity contribution in [3.05, 3.63) is 205 Å². The number of aromatic nitrogens is 1.